The van der Waals surface area contributed by atoms with Gasteiger partial charge in [-0.1, -0.05) is 0 Å². The van der Waals surface area contributed by atoms with Gasteiger partial charge in [-0.3, -0.25) is 4.79 Å². The minimum Gasteiger partial charge on any atom is -0.493 e. The molecule has 76 valence electrons. The summed E-state index contributed by atoms with van der Waals surface area (Å²) in [5, 5.41) is 9.01. The Morgan fingerprint density at radius 2 is 2.36 bits per heavy atom. The topological polar surface area (TPSA) is 59.4 Å². The Balaban J connectivity index is 3.05. The number of aromatic hydroxyl groups is 1. The third-order valence-electron chi connectivity index (χ3n) is 1.89. The molecule has 1 aromatic heterocycles. The van der Waals surface area contributed by atoms with Crippen LogP contribution in [0, 0.1) is 5.82 Å². The monoisotopic (exact) mass is 199 g/mol. The van der Waals surface area contributed by atoms with E-state index in [2.05, 4.69) is 9.72 Å². The van der Waals surface area contributed by atoms with E-state index in [1.54, 1.807) is 0 Å². The van der Waals surface area contributed by atoms with Crippen LogP contribution in [-0.4, -0.2) is 23.2 Å². The van der Waals surface area contributed by atoms with E-state index in [9.17, 15) is 9.18 Å². The summed E-state index contributed by atoms with van der Waals surface area (Å²) in [6.45, 7) is 1.49. The molecule has 0 aliphatic rings. The third kappa shape index (κ3) is 1.99. The molecule has 0 fully saturated rings. The van der Waals surface area contributed by atoms with Crippen LogP contribution in [0.15, 0.2) is 12.3 Å². The average molecular weight is 199 g/mol. The van der Waals surface area contributed by atoms with Crippen molar-refractivity contribution < 1.29 is 19.0 Å². The van der Waals surface area contributed by atoms with Gasteiger partial charge in [0, 0.05) is 11.6 Å². The minimum absolute atomic E-state index is 0.0735. The maximum absolute atomic E-state index is 13.1. The van der Waals surface area contributed by atoms with Crippen molar-refractivity contribution in [3.8, 4) is 5.88 Å². The van der Waals surface area contributed by atoms with Crippen molar-refractivity contribution in [1.82, 2.24) is 4.98 Å². The second-order valence-corrected chi connectivity index (χ2v) is 2.81. The molecule has 0 aliphatic carbocycles. The summed E-state index contributed by atoms with van der Waals surface area (Å²) in [4.78, 5) is 14.4. The van der Waals surface area contributed by atoms with Crippen LogP contribution in [0.4, 0.5) is 4.39 Å². The van der Waals surface area contributed by atoms with E-state index in [-0.39, 0.29) is 11.4 Å². The fraction of sp³-hybridized carbons (Fsp3) is 0.333. The van der Waals surface area contributed by atoms with E-state index in [0.717, 1.165) is 12.3 Å². The Labute approximate surface area is 80.3 Å². The van der Waals surface area contributed by atoms with Crippen molar-refractivity contribution >= 4 is 5.97 Å². The lowest BCUT2D eigenvalue weighted by Crippen LogP contribution is -2.12. The van der Waals surface area contributed by atoms with E-state index in [4.69, 9.17) is 5.11 Å². The van der Waals surface area contributed by atoms with Gasteiger partial charge in [0.15, 0.2) is 0 Å². The molecule has 0 saturated carbocycles. The summed E-state index contributed by atoms with van der Waals surface area (Å²) in [6.07, 6.45) is 0.865. The van der Waals surface area contributed by atoms with Gasteiger partial charge in [-0.15, -0.1) is 0 Å². The molecule has 0 spiro atoms. The predicted molar refractivity (Wildman–Crippen MR) is 46.3 cm³/mol. The summed E-state index contributed by atoms with van der Waals surface area (Å²) in [5.74, 6) is -2.28. The van der Waals surface area contributed by atoms with Crippen molar-refractivity contribution in [3.05, 3.63) is 23.6 Å². The largest absolute Gasteiger partial charge is 0.493 e. The van der Waals surface area contributed by atoms with E-state index < -0.39 is 17.7 Å². The van der Waals surface area contributed by atoms with Crippen molar-refractivity contribution in [2.45, 2.75) is 12.8 Å². The summed E-state index contributed by atoms with van der Waals surface area (Å²) >= 11 is 0. The first-order valence-electron chi connectivity index (χ1n) is 3.98. The third-order valence-corrected chi connectivity index (χ3v) is 1.89. The Morgan fingerprint density at radius 3 is 2.93 bits per heavy atom. The van der Waals surface area contributed by atoms with Gasteiger partial charge in [0.2, 0.25) is 5.88 Å². The number of carbonyl (C=O) groups is 1. The quantitative estimate of drug-likeness (QED) is 0.727. The number of hydrogen-bond acceptors (Lipinski definition) is 4. The number of esters is 1. The van der Waals surface area contributed by atoms with Gasteiger partial charge in [-0.25, -0.2) is 9.37 Å². The summed E-state index contributed by atoms with van der Waals surface area (Å²) in [7, 11) is 1.22. The Morgan fingerprint density at radius 1 is 1.71 bits per heavy atom. The first-order valence-corrected chi connectivity index (χ1v) is 3.98. The fourth-order valence-electron chi connectivity index (χ4n) is 1.08. The number of nitrogens with zero attached hydrogens (tertiary/aromatic N) is 1. The lowest BCUT2D eigenvalue weighted by Gasteiger charge is -2.09. The highest BCUT2D eigenvalue weighted by molar-refractivity contribution is 5.77. The number of pyridine rings is 1. The van der Waals surface area contributed by atoms with Crippen LogP contribution in [0.2, 0.25) is 0 Å². The highest BCUT2D eigenvalue weighted by Crippen LogP contribution is 2.22. The molecular weight excluding hydrogens is 189 g/mol. The number of rotatable bonds is 2. The molecule has 1 aromatic rings. The molecule has 0 bridgehead atoms. The van der Waals surface area contributed by atoms with E-state index in [1.807, 2.05) is 0 Å². The molecule has 5 heteroatoms. The Bertz CT molecular complexity index is 354. The highest BCUT2D eigenvalue weighted by atomic mass is 19.1. The predicted octanol–water partition coefficient (Wildman–Crippen LogP) is 1.20. The maximum Gasteiger partial charge on any atom is 0.312 e. The Kier molecular flexibility index (Phi) is 3.01. The number of hydrogen-bond donors (Lipinski definition) is 1. The molecule has 0 radical (unpaired) electrons. The number of aromatic nitrogens is 1. The second-order valence-electron chi connectivity index (χ2n) is 2.81. The first kappa shape index (κ1) is 10.4. The zero-order valence-electron chi connectivity index (χ0n) is 7.82. The molecule has 14 heavy (non-hydrogen) atoms. The van der Waals surface area contributed by atoms with E-state index in [1.165, 1.54) is 14.0 Å². The molecule has 0 aromatic carbocycles. The zero-order chi connectivity index (χ0) is 10.7. The molecule has 1 heterocycles. The molecule has 1 rings (SSSR count). The molecule has 0 saturated heterocycles. The van der Waals surface area contributed by atoms with Gasteiger partial charge in [0.1, 0.15) is 5.82 Å². The van der Waals surface area contributed by atoms with Crippen LogP contribution in [0.3, 0.4) is 0 Å². The molecule has 0 amide bonds. The van der Waals surface area contributed by atoms with Crippen LogP contribution in [0.5, 0.6) is 5.88 Å². The Hall–Kier alpha value is -1.65. The smallest absolute Gasteiger partial charge is 0.312 e. The zero-order valence-corrected chi connectivity index (χ0v) is 7.82. The normalized spacial score (nSPS) is 12.2. The van der Waals surface area contributed by atoms with Gasteiger partial charge in [0.05, 0.1) is 19.2 Å². The lowest BCUT2D eigenvalue weighted by atomic mass is 10.0. The molecule has 4 nitrogen and oxygen atoms in total. The molecule has 0 aliphatic heterocycles. The lowest BCUT2D eigenvalue weighted by molar-refractivity contribution is -0.142. The van der Waals surface area contributed by atoms with Crippen molar-refractivity contribution in [3.63, 3.8) is 0 Å². The van der Waals surface area contributed by atoms with Gasteiger partial charge in [-0.05, 0) is 6.92 Å². The van der Waals surface area contributed by atoms with Crippen LogP contribution in [-0.2, 0) is 9.53 Å². The number of carbonyl (C=O) groups excluding carboxylic acids is 1. The van der Waals surface area contributed by atoms with E-state index in [0.29, 0.717) is 0 Å². The van der Waals surface area contributed by atoms with Crippen LogP contribution >= 0.6 is 0 Å². The summed E-state index contributed by atoms with van der Waals surface area (Å²) in [6, 6.07) is 1.11. The fourth-order valence-corrected chi connectivity index (χ4v) is 1.08. The average Bonchev–Trinajstić information content (AvgIpc) is 2.19. The SMILES string of the molecule is COC(=O)C(C)c1cc(O)ncc1F. The number of halogens is 1. The van der Waals surface area contributed by atoms with Crippen molar-refractivity contribution in [2.24, 2.45) is 0 Å². The van der Waals surface area contributed by atoms with Gasteiger partial charge in [-0.2, -0.15) is 0 Å². The molecule has 1 atom stereocenters. The molecular formula is C9H10FNO3. The van der Waals surface area contributed by atoms with Crippen molar-refractivity contribution in [1.29, 1.82) is 0 Å². The summed E-state index contributed by atoms with van der Waals surface area (Å²) in [5.41, 5.74) is 0.0735. The standard InChI is InChI=1S/C9H10FNO3/c1-5(9(13)14-2)6-3-8(12)11-4-7(6)10/h3-5H,1-2H3,(H,11,12). The second kappa shape index (κ2) is 4.04. The first-order chi connectivity index (χ1) is 6.56. The van der Waals surface area contributed by atoms with Gasteiger partial charge >= 0.3 is 5.97 Å². The van der Waals surface area contributed by atoms with Crippen LogP contribution in [0.25, 0.3) is 0 Å². The van der Waals surface area contributed by atoms with Crippen LogP contribution < -0.4 is 0 Å². The number of ether oxygens (including phenoxy) is 1. The molecule has 1 N–H and O–H groups in total. The number of methoxy groups -OCH3 is 1. The van der Waals surface area contributed by atoms with Crippen LogP contribution in [0.1, 0.15) is 18.4 Å². The highest BCUT2D eigenvalue weighted by Gasteiger charge is 2.20. The summed E-state index contributed by atoms with van der Waals surface area (Å²) < 4.78 is 17.6. The van der Waals surface area contributed by atoms with E-state index >= 15 is 0 Å². The van der Waals surface area contributed by atoms with Gasteiger partial charge in [0.25, 0.3) is 0 Å². The van der Waals surface area contributed by atoms with Crippen molar-refractivity contribution in [2.75, 3.05) is 7.11 Å². The molecule has 1 unspecified atom stereocenters. The van der Waals surface area contributed by atoms with Gasteiger partial charge < -0.3 is 9.84 Å². The maximum atomic E-state index is 13.1. The minimum atomic E-state index is -0.756.